The van der Waals surface area contributed by atoms with Gasteiger partial charge in [-0.25, -0.2) is 0 Å². The molecule has 0 unspecified atom stereocenters. The summed E-state index contributed by atoms with van der Waals surface area (Å²) < 4.78 is 0. The Labute approximate surface area is 161 Å². The van der Waals surface area contributed by atoms with Crippen molar-refractivity contribution in [3.63, 3.8) is 0 Å². The number of phenolic OH excluding ortho intramolecular Hbond substituents is 1. The molecule has 1 heterocycles. The van der Waals surface area contributed by atoms with Gasteiger partial charge in [0.05, 0.1) is 16.7 Å². The van der Waals surface area contributed by atoms with Crippen molar-refractivity contribution >= 4 is 23.6 Å². The van der Waals surface area contributed by atoms with Crippen molar-refractivity contribution in [2.75, 3.05) is 19.6 Å². The molecule has 0 aromatic heterocycles. The fraction of sp³-hybridized carbons (Fsp3) is 0.200. The quantitative estimate of drug-likeness (QED) is 0.487. The fourth-order valence-corrected chi connectivity index (χ4v) is 2.88. The first kappa shape index (κ1) is 19.1. The molecule has 0 bridgehead atoms. The molecule has 0 spiro atoms. The van der Waals surface area contributed by atoms with Gasteiger partial charge in [0.1, 0.15) is 5.75 Å². The number of benzene rings is 2. The van der Waals surface area contributed by atoms with Gasteiger partial charge >= 0.3 is 0 Å². The highest BCUT2D eigenvalue weighted by Crippen LogP contribution is 2.22. The lowest BCUT2D eigenvalue weighted by molar-refractivity contribution is -0.121. The average molecular weight is 381 g/mol. The molecule has 28 heavy (non-hydrogen) atoms. The van der Waals surface area contributed by atoms with Crippen LogP contribution in [0.4, 0.5) is 0 Å². The summed E-state index contributed by atoms with van der Waals surface area (Å²) in [6.45, 7) is 0.342. The van der Waals surface area contributed by atoms with E-state index < -0.39 is 17.7 Å². The number of amides is 4. The number of carbonyl (C=O) groups excluding carboxylic acids is 4. The van der Waals surface area contributed by atoms with Crippen LogP contribution in [-0.2, 0) is 4.79 Å². The van der Waals surface area contributed by atoms with Crippen molar-refractivity contribution in [2.24, 2.45) is 0 Å². The van der Waals surface area contributed by atoms with Gasteiger partial charge in [-0.1, -0.05) is 24.3 Å². The molecule has 2 aromatic rings. The first-order valence-electron chi connectivity index (χ1n) is 8.77. The van der Waals surface area contributed by atoms with E-state index in [1.165, 1.54) is 12.1 Å². The molecule has 0 radical (unpaired) electrons. The molecule has 2 aromatic carbocycles. The number of hydrogen-bond acceptors (Lipinski definition) is 5. The number of fused-ring (bicyclic) bond motifs is 1. The Kier molecular flexibility index (Phi) is 5.69. The number of para-hydroxylation sites is 1. The van der Waals surface area contributed by atoms with Gasteiger partial charge in [0, 0.05) is 26.1 Å². The lowest BCUT2D eigenvalue weighted by Gasteiger charge is -2.13. The average Bonchev–Trinajstić information content (AvgIpc) is 2.94. The second-order valence-corrected chi connectivity index (χ2v) is 6.18. The SMILES string of the molecule is O=C(CCN1C(=O)c2ccccc2C1=O)NCCNC(=O)c1ccccc1O. The second kappa shape index (κ2) is 8.34. The number of imide groups is 1. The Morgan fingerprint density at radius 1 is 0.857 bits per heavy atom. The Morgan fingerprint density at radius 2 is 1.43 bits per heavy atom. The van der Waals surface area contributed by atoms with Gasteiger partial charge in [-0.15, -0.1) is 0 Å². The number of aromatic hydroxyl groups is 1. The van der Waals surface area contributed by atoms with Gasteiger partial charge in [0.25, 0.3) is 17.7 Å². The van der Waals surface area contributed by atoms with Gasteiger partial charge in [-0.3, -0.25) is 24.1 Å². The van der Waals surface area contributed by atoms with Crippen LogP contribution in [0.2, 0.25) is 0 Å². The minimum Gasteiger partial charge on any atom is -0.507 e. The third-order valence-corrected chi connectivity index (χ3v) is 4.32. The van der Waals surface area contributed by atoms with E-state index >= 15 is 0 Å². The van der Waals surface area contributed by atoms with Crippen molar-refractivity contribution < 1.29 is 24.3 Å². The fourth-order valence-electron chi connectivity index (χ4n) is 2.88. The van der Waals surface area contributed by atoms with E-state index in [0.717, 1.165) is 4.90 Å². The highest BCUT2D eigenvalue weighted by molar-refractivity contribution is 6.21. The molecule has 144 valence electrons. The summed E-state index contributed by atoms with van der Waals surface area (Å²) in [6, 6.07) is 12.7. The van der Waals surface area contributed by atoms with Gasteiger partial charge in [-0.05, 0) is 24.3 Å². The van der Waals surface area contributed by atoms with Crippen LogP contribution in [0.15, 0.2) is 48.5 Å². The zero-order valence-corrected chi connectivity index (χ0v) is 15.0. The highest BCUT2D eigenvalue weighted by atomic mass is 16.3. The van der Waals surface area contributed by atoms with Crippen LogP contribution >= 0.6 is 0 Å². The van der Waals surface area contributed by atoms with Crippen molar-refractivity contribution in [1.82, 2.24) is 15.5 Å². The Morgan fingerprint density at radius 3 is 2.07 bits per heavy atom. The minimum absolute atomic E-state index is 0.0115. The van der Waals surface area contributed by atoms with Gasteiger partial charge in [0.15, 0.2) is 0 Å². The third-order valence-electron chi connectivity index (χ3n) is 4.32. The molecule has 3 N–H and O–H groups in total. The molecular formula is C20H19N3O5. The van der Waals surface area contributed by atoms with Crippen LogP contribution in [0.3, 0.4) is 0 Å². The Balaban J connectivity index is 1.40. The molecule has 0 atom stereocenters. The first-order chi connectivity index (χ1) is 13.5. The van der Waals surface area contributed by atoms with E-state index in [1.807, 2.05) is 0 Å². The summed E-state index contributed by atoms with van der Waals surface area (Å²) in [5.41, 5.74) is 0.846. The maximum atomic E-state index is 12.2. The molecule has 0 saturated heterocycles. The molecule has 0 saturated carbocycles. The maximum Gasteiger partial charge on any atom is 0.261 e. The van der Waals surface area contributed by atoms with Crippen LogP contribution in [0.5, 0.6) is 5.75 Å². The molecular weight excluding hydrogens is 362 g/mol. The van der Waals surface area contributed by atoms with Crippen molar-refractivity contribution in [1.29, 1.82) is 0 Å². The first-order valence-corrected chi connectivity index (χ1v) is 8.77. The largest absolute Gasteiger partial charge is 0.507 e. The maximum absolute atomic E-state index is 12.2. The number of hydrogen-bond donors (Lipinski definition) is 3. The lowest BCUT2D eigenvalue weighted by atomic mass is 10.1. The minimum atomic E-state index is -0.446. The zero-order chi connectivity index (χ0) is 20.1. The standard InChI is InChI=1S/C20H19N3O5/c24-16-8-4-3-7-15(16)18(26)22-11-10-21-17(25)9-12-23-19(27)13-5-1-2-6-14(13)20(23)28/h1-8,24H,9-12H2,(H,21,25)(H,22,26). The summed E-state index contributed by atoms with van der Waals surface area (Å²) in [5, 5.41) is 14.8. The molecule has 1 aliphatic heterocycles. The van der Waals surface area contributed by atoms with Gasteiger partial charge in [0.2, 0.25) is 5.91 Å². The smallest absolute Gasteiger partial charge is 0.261 e. The molecule has 1 aliphatic rings. The third kappa shape index (κ3) is 4.01. The molecule has 4 amide bonds. The zero-order valence-electron chi connectivity index (χ0n) is 15.0. The van der Waals surface area contributed by atoms with E-state index in [4.69, 9.17) is 0 Å². The van der Waals surface area contributed by atoms with Crippen LogP contribution in [-0.4, -0.2) is 53.3 Å². The summed E-state index contributed by atoms with van der Waals surface area (Å²) in [4.78, 5) is 49.4. The predicted molar refractivity (Wildman–Crippen MR) is 99.9 cm³/mol. The molecule has 3 rings (SSSR count). The van der Waals surface area contributed by atoms with Crippen LogP contribution in [0, 0.1) is 0 Å². The van der Waals surface area contributed by atoms with E-state index in [2.05, 4.69) is 10.6 Å². The van der Waals surface area contributed by atoms with E-state index in [1.54, 1.807) is 36.4 Å². The number of nitrogens with one attached hydrogen (secondary N) is 2. The van der Waals surface area contributed by atoms with E-state index in [-0.39, 0.29) is 43.3 Å². The molecule has 0 aliphatic carbocycles. The number of nitrogens with zero attached hydrogens (tertiary/aromatic N) is 1. The summed E-state index contributed by atoms with van der Waals surface area (Å²) in [6.07, 6.45) is -0.0289. The van der Waals surface area contributed by atoms with Crippen molar-refractivity contribution in [3.8, 4) is 5.75 Å². The van der Waals surface area contributed by atoms with Gasteiger partial charge < -0.3 is 15.7 Å². The van der Waals surface area contributed by atoms with E-state index in [9.17, 15) is 24.3 Å². The Bertz CT molecular complexity index is 906. The molecule has 8 nitrogen and oxygen atoms in total. The lowest BCUT2D eigenvalue weighted by Crippen LogP contribution is -2.37. The second-order valence-electron chi connectivity index (χ2n) is 6.18. The highest BCUT2D eigenvalue weighted by Gasteiger charge is 2.34. The van der Waals surface area contributed by atoms with E-state index in [0.29, 0.717) is 11.1 Å². The topological polar surface area (TPSA) is 116 Å². The van der Waals surface area contributed by atoms with Crippen LogP contribution in [0.1, 0.15) is 37.5 Å². The van der Waals surface area contributed by atoms with Crippen molar-refractivity contribution in [3.05, 3.63) is 65.2 Å². The predicted octanol–water partition coefficient (Wildman–Crippen LogP) is 0.924. The number of carbonyl (C=O) groups is 4. The number of rotatable bonds is 7. The monoisotopic (exact) mass is 381 g/mol. The normalized spacial score (nSPS) is 12.6. The summed E-state index contributed by atoms with van der Waals surface area (Å²) >= 11 is 0. The van der Waals surface area contributed by atoms with Crippen molar-refractivity contribution in [2.45, 2.75) is 6.42 Å². The Hall–Kier alpha value is -3.68. The summed E-state index contributed by atoms with van der Waals surface area (Å²) in [7, 11) is 0. The van der Waals surface area contributed by atoms with Gasteiger partial charge in [-0.2, -0.15) is 0 Å². The van der Waals surface area contributed by atoms with Crippen LogP contribution < -0.4 is 10.6 Å². The number of phenols is 1. The molecule has 0 fully saturated rings. The molecule has 8 heteroatoms. The van der Waals surface area contributed by atoms with Crippen LogP contribution in [0.25, 0.3) is 0 Å². The summed E-state index contributed by atoms with van der Waals surface area (Å²) in [5.74, 6) is -1.71.